The summed E-state index contributed by atoms with van der Waals surface area (Å²) in [6.07, 6.45) is 9.74. The van der Waals surface area contributed by atoms with Crippen LogP contribution in [0, 0.1) is 11.8 Å². The first-order valence-electron chi connectivity index (χ1n) is 21.6. The molecular formula is C58H58. The molecule has 0 aliphatic heterocycles. The lowest BCUT2D eigenvalue weighted by molar-refractivity contribution is 0.568. The van der Waals surface area contributed by atoms with E-state index in [1.807, 2.05) is 0 Å². The molecule has 0 saturated carbocycles. The molecule has 0 amide bonds. The van der Waals surface area contributed by atoms with E-state index in [9.17, 15) is 0 Å². The number of hydrogen-bond acceptors (Lipinski definition) is 0. The fourth-order valence-corrected chi connectivity index (χ4v) is 10.3. The van der Waals surface area contributed by atoms with Gasteiger partial charge in [-0.1, -0.05) is 180 Å². The SMILES string of the molecule is CC(C)(C)c1cc(-c2ccc(-c3cc(C(C)(C)C)cc(C(C)(C)C)c3)c3cc4cc5c(cc4cc23)C2=CC=C3c4ccccc4C4=CC=C5C2C34)cc(C(C)(C)C)c1. The quantitative estimate of drug-likeness (QED) is 0.154. The second-order valence-corrected chi connectivity index (χ2v) is 21.9. The smallest absolute Gasteiger partial charge is 0.0211 e. The summed E-state index contributed by atoms with van der Waals surface area (Å²) in [7, 11) is 0. The fraction of sp³-hybridized carbons (Fsp3) is 0.310. The van der Waals surface area contributed by atoms with E-state index < -0.39 is 0 Å². The van der Waals surface area contributed by atoms with Crippen molar-refractivity contribution in [3.8, 4) is 22.3 Å². The highest BCUT2D eigenvalue weighted by Gasteiger charge is 2.47. The molecule has 0 spiro atoms. The van der Waals surface area contributed by atoms with Gasteiger partial charge < -0.3 is 0 Å². The van der Waals surface area contributed by atoms with E-state index >= 15 is 0 Å². The molecule has 4 aliphatic carbocycles. The van der Waals surface area contributed by atoms with Crippen molar-refractivity contribution >= 4 is 43.8 Å². The van der Waals surface area contributed by atoms with Crippen molar-refractivity contribution in [1.82, 2.24) is 0 Å². The molecule has 4 aliphatic rings. The third-order valence-corrected chi connectivity index (χ3v) is 13.8. The molecular weight excluding hydrogens is 697 g/mol. The highest BCUT2D eigenvalue weighted by molar-refractivity contribution is 6.14. The predicted octanol–water partition coefficient (Wildman–Crippen LogP) is 16.0. The summed E-state index contributed by atoms with van der Waals surface area (Å²) in [5.74, 6) is 0.760. The van der Waals surface area contributed by atoms with E-state index in [1.54, 1.807) is 0 Å². The maximum atomic E-state index is 2.53. The first-order valence-corrected chi connectivity index (χ1v) is 21.6. The number of benzene rings is 6. The van der Waals surface area contributed by atoms with Crippen LogP contribution in [0.25, 0.3) is 66.1 Å². The Morgan fingerprint density at radius 1 is 0.310 bits per heavy atom. The van der Waals surface area contributed by atoms with E-state index in [2.05, 4.69) is 204 Å². The molecule has 0 heterocycles. The number of hydrogen-bond donors (Lipinski definition) is 0. The first kappa shape index (κ1) is 37.1. The minimum atomic E-state index is 0.0264. The van der Waals surface area contributed by atoms with Gasteiger partial charge in [-0.3, -0.25) is 0 Å². The van der Waals surface area contributed by atoms with E-state index in [0.717, 1.165) is 0 Å². The van der Waals surface area contributed by atoms with Gasteiger partial charge in [0.15, 0.2) is 0 Å². The van der Waals surface area contributed by atoms with Gasteiger partial charge in [0.2, 0.25) is 0 Å². The van der Waals surface area contributed by atoms with E-state index in [4.69, 9.17) is 0 Å². The lowest BCUT2D eigenvalue weighted by Crippen LogP contribution is -2.17. The van der Waals surface area contributed by atoms with Crippen molar-refractivity contribution in [2.75, 3.05) is 0 Å². The topological polar surface area (TPSA) is 0 Å². The molecule has 0 aromatic heterocycles. The van der Waals surface area contributed by atoms with Gasteiger partial charge >= 0.3 is 0 Å². The summed E-state index contributed by atoms with van der Waals surface area (Å²) in [6.45, 7) is 28.1. The Kier molecular flexibility index (Phi) is 7.78. The number of allylic oxidation sites excluding steroid dienone is 8. The van der Waals surface area contributed by atoms with Crippen molar-refractivity contribution in [2.24, 2.45) is 11.8 Å². The molecule has 0 unspecified atom stereocenters. The molecule has 6 aromatic carbocycles. The average molecular weight is 755 g/mol. The van der Waals surface area contributed by atoms with Crippen LogP contribution in [0.5, 0.6) is 0 Å². The van der Waals surface area contributed by atoms with Crippen LogP contribution in [-0.2, 0) is 21.7 Å². The Labute approximate surface area is 347 Å². The van der Waals surface area contributed by atoms with Crippen molar-refractivity contribution in [3.05, 3.63) is 166 Å². The van der Waals surface area contributed by atoms with Crippen LogP contribution >= 0.6 is 0 Å². The summed E-state index contributed by atoms with van der Waals surface area (Å²) >= 11 is 0. The molecule has 290 valence electrons. The van der Waals surface area contributed by atoms with Crippen LogP contribution in [0.15, 0.2) is 121 Å². The Hall–Kier alpha value is -5.20. The van der Waals surface area contributed by atoms with Gasteiger partial charge in [0.25, 0.3) is 0 Å². The van der Waals surface area contributed by atoms with Gasteiger partial charge in [0.1, 0.15) is 0 Å². The average Bonchev–Trinajstić information content (AvgIpc) is 3.65. The van der Waals surface area contributed by atoms with Crippen LogP contribution in [0.2, 0.25) is 0 Å². The Balaban J connectivity index is 1.25. The van der Waals surface area contributed by atoms with Crippen molar-refractivity contribution in [1.29, 1.82) is 0 Å². The van der Waals surface area contributed by atoms with Crippen LogP contribution in [0.3, 0.4) is 0 Å². The molecule has 0 atom stereocenters. The van der Waals surface area contributed by atoms with Crippen molar-refractivity contribution in [2.45, 2.75) is 105 Å². The lowest BCUT2D eigenvalue weighted by atomic mass is 9.72. The zero-order valence-corrected chi connectivity index (χ0v) is 36.7. The van der Waals surface area contributed by atoms with Gasteiger partial charge in [-0.05, 0) is 157 Å². The number of fused-ring (bicyclic) bond motifs is 8. The lowest BCUT2D eigenvalue weighted by Gasteiger charge is -2.30. The predicted molar refractivity (Wildman–Crippen MR) is 252 cm³/mol. The summed E-state index contributed by atoms with van der Waals surface area (Å²) in [5, 5.41) is 5.26. The van der Waals surface area contributed by atoms with Gasteiger partial charge in [0.05, 0.1) is 0 Å². The highest BCUT2D eigenvalue weighted by Crippen LogP contribution is 2.63. The van der Waals surface area contributed by atoms with E-state index in [1.165, 1.54) is 111 Å². The monoisotopic (exact) mass is 754 g/mol. The maximum Gasteiger partial charge on any atom is 0.0211 e. The molecule has 58 heavy (non-hydrogen) atoms. The molecule has 6 aromatic rings. The van der Waals surface area contributed by atoms with Crippen LogP contribution in [-0.4, -0.2) is 0 Å². The summed E-state index contributed by atoms with van der Waals surface area (Å²) in [5.41, 5.74) is 22.4. The van der Waals surface area contributed by atoms with Crippen LogP contribution in [0.4, 0.5) is 0 Å². The Morgan fingerprint density at radius 2 is 0.621 bits per heavy atom. The van der Waals surface area contributed by atoms with Crippen LogP contribution in [0.1, 0.15) is 128 Å². The second-order valence-electron chi connectivity index (χ2n) is 21.9. The molecule has 0 N–H and O–H groups in total. The normalized spacial score (nSPS) is 18.4. The largest absolute Gasteiger partial charge is 0.0616 e. The number of rotatable bonds is 2. The molecule has 0 bridgehead atoms. The van der Waals surface area contributed by atoms with Gasteiger partial charge in [0, 0.05) is 11.8 Å². The maximum absolute atomic E-state index is 2.53. The molecule has 0 radical (unpaired) electrons. The summed E-state index contributed by atoms with van der Waals surface area (Å²) in [4.78, 5) is 0. The first-order chi connectivity index (χ1) is 27.3. The molecule has 10 rings (SSSR count). The minimum Gasteiger partial charge on any atom is -0.0616 e. The second kappa shape index (κ2) is 12.2. The van der Waals surface area contributed by atoms with Crippen molar-refractivity contribution < 1.29 is 0 Å². The molecule has 0 saturated heterocycles. The molecule has 0 heteroatoms. The van der Waals surface area contributed by atoms with E-state index in [0.29, 0.717) is 11.8 Å². The van der Waals surface area contributed by atoms with Gasteiger partial charge in [-0.25, -0.2) is 0 Å². The summed E-state index contributed by atoms with van der Waals surface area (Å²) in [6, 6.07) is 38.7. The third kappa shape index (κ3) is 5.69. The molecule has 0 fully saturated rings. The zero-order valence-electron chi connectivity index (χ0n) is 36.7. The standard InChI is InChI=1S/C58H58/c1-55(2,3)37-23-35(24-38(31-37)56(4,5)6)41-17-18-42(36-25-39(57(7,8)9)32-40(26-36)58(10,11)12)50-28-34-30-52-48-22-20-46-44-16-14-13-15-43(44)45-19-21-47(54(48)53(45)46)51(52)29-33(34)27-49(41)50/h13-32,53-54H,1-12H3. The van der Waals surface area contributed by atoms with Gasteiger partial charge in [-0.2, -0.15) is 0 Å². The van der Waals surface area contributed by atoms with Crippen LogP contribution < -0.4 is 0 Å². The summed E-state index contributed by atoms with van der Waals surface area (Å²) < 4.78 is 0. The fourth-order valence-electron chi connectivity index (χ4n) is 10.3. The molecule has 0 nitrogen and oxygen atoms in total. The zero-order chi connectivity index (χ0) is 40.8. The van der Waals surface area contributed by atoms with Crippen molar-refractivity contribution in [3.63, 3.8) is 0 Å². The Morgan fingerprint density at radius 3 is 0.931 bits per heavy atom. The Bertz CT molecular complexity index is 2640. The van der Waals surface area contributed by atoms with Gasteiger partial charge in [-0.15, -0.1) is 0 Å². The van der Waals surface area contributed by atoms with E-state index in [-0.39, 0.29) is 21.7 Å². The third-order valence-electron chi connectivity index (χ3n) is 13.8. The highest BCUT2D eigenvalue weighted by atomic mass is 14.5. The minimum absolute atomic E-state index is 0.0264.